The van der Waals surface area contributed by atoms with Crippen molar-refractivity contribution in [2.45, 2.75) is 55.4 Å². The van der Waals surface area contributed by atoms with E-state index in [1.807, 2.05) is 0 Å². The predicted octanol–water partition coefficient (Wildman–Crippen LogP) is 10.5. The van der Waals surface area contributed by atoms with Crippen LogP contribution in [-0.4, -0.2) is 0 Å². The second-order valence-electron chi connectivity index (χ2n) is 10.5. The highest BCUT2D eigenvalue weighted by Gasteiger charge is 2.11. The topological polar surface area (TPSA) is 0 Å². The van der Waals surface area contributed by atoms with Crippen LogP contribution in [0.2, 0.25) is 0 Å². The molecule has 0 fully saturated rings. The molecule has 0 saturated heterocycles. The molecule has 6 aromatic rings. The van der Waals surface area contributed by atoms with Crippen LogP contribution >= 0.6 is 0 Å². The number of fused-ring (bicyclic) bond motifs is 5. The van der Waals surface area contributed by atoms with Crippen LogP contribution in [0.15, 0.2) is 72.8 Å². The van der Waals surface area contributed by atoms with Gasteiger partial charge in [0.05, 0.1) is 0 Å². The van der Waals surface area contributed by atoms with Gasteiger partial charge in [0.25, 0.3) is 0 Å². The molecule has 36 heavy (non-hydrogen) atoms. The summed E-state index contributed by atoms with van der Waals surface area (Å²) in [6.07, 6.45) is 0. The summed E-state index contributed by atoms with van der Waals surface area (Å²) in [6, 6.07) is 26.4. The lowest BCUT2D eigenvalue weighted by atomic mass is 9.89. The number of rotatable bonds is 0. The van der Waals surface area contributed by atoms with Gasteiger partial charge in [-0.3, -0.25) is 0 Å². The van der Waals surface area contributed by atoms with Crippen LogP contribution in [0.5, 0.6) is 0 Å². The van der Waals surface area contributed by atoms with Gasteiger partial charge in [-0.15, -0.1) is 0 Å². The molecule has 6 rings (SSSR count). The normalized spacial score (nSPS) is 11.3. The van der Waals surface area contributed by atoms with Gasteiger partial charge in [-0.2, -0.15) is 0 Å². The van der Waals surface area contributed by atoms with Crippen molar-refractivity contribution in [2.24, 2.45) is 0 Å². The molecule has 0 unspecified atom stereocenters. The number of aryl methyl sites for hydroxylation is 4. The minimum atomic E-state index is 1.33. The van der Waals surface area contributed by atoms with Crippen molar-refractivity contribution < 1.29 is 0 Å². The Morgan fingerprint density at radius 1 is 0.306 bits per heavy atom. The van der Waals surface area contributed by atoms with Gasteiger partial charge < -0.3 is 0 Å². The Morgan fingerprint density at radius 3 is 1.25 bits per heavy atom. The van der Waals surface area contributed by atoms with E-state index in [1.54, 1.807) is 0 Å². The van der Waals surface area contributed by atoms with Gasteiger partial charge in [0.15, 0.2) is 0 Å². The molecular weight excluding hydrogens is 432 g/mol. The smallest absolute Gasteiger partial charge is 0.00706 e. The lowest BCUT2D eigenvalue weighted by molar-refractivity contribution is 1.25. The summed E-state index contributed by atoms with van der Waals surface area (Å²) in [5, 5.41) is 11.0. The van der Waals surface area contributed by atoms with E-state index in [0.29, 0.717) is 0 Å². The fourth-order valence-corrected chi connectivity index (χ4v) is 5.77. The van der Waals surface area contributed by atoms with E-state index in [-0.39, 0.29) is 0 Å². The van der Waals surface area contributed by atoms with Gasteiger partial charge in [-0.1, -0.05) is 60.7 Å². The van der Waals surface area contributed by atoms with Crippen molar-refractivity contribution in [3.8, 4) is 0 Å². The molecule has 0 heterocycles. The van der Waals surface area contributed by atoms with E-state index in [1.165, 1.54) is 87.6 Å². The summed E-state index contributed by atoms with van der Waals surface area (Å²) < 4.78 is 0. The average Bonchev–Trinajstić information content (AvgIpc) is 2.91. The Kier molecular flexibility index (Phi) is 6.08. The lowest BCUT2D eigenvalue weighted by Crippen LogP contribution is -1.94. The number of benzene rings is 6. The Labute approximate surface area is 215 Å². The minimum absolute atomic E-state index is 1.33. The van der Waals surface area contributed by atoms with Crippen LogP contribution in [0.1, 0.15) is 44.5 Å². The fourth-order valence-electron chi connectivity index (χ4n) is 5.77. The fraction of sp³-hybridized carbons (Fsp3) is 0.222. The Hall–Kier alpha value is -3.64. The molecular formula is C36H36. The Balaban J connectivity index is 0.000000148. The first-order valence-electron chi connectivity index (χ1n) is 13.0. The van der Waals surface area contributed by atoms with Crippen molar-refractivity contribution in [2.75, 3.05) is 0 Å². The van der Waals surface area contributed by atoms with Crippen molar-refractivity contribution in [3.63, 3.8) is 0 Å². The molecule has 6 aromatic carbocycles. The predicted molar refractivity (Wildman–Crippen MR) is 161 cm³/mol. The van der Waals surface area contributed by atoms with Crippen molar-refractivity contribution in [3.05, 3.63) is 117 Å². The SMILES string of the molecule is Cc1c(C)c(C)c2c(ccc3ccccc32)c1C.Cc1c(C)c(C)c2cc3ccccc3cc2c1C. The van der Waals surface area contributed by atoms with Crippen LogP contribution < -0.4 is 0 Å². The summed E-state index contributed by atoms with van der Waals surface area (Å²) in [6.45, 7) is 17.9. The Bertz CT molecular complexity index is 1700. The van der Waals surface area contributed by atoms with Gasteiger partial charge in [0, 0.05) is 0 Å². The second-order valence-corrected chi connectivity index (χ2v) is 10.5. The van der Waals surface area contributed by atoms with E-state index < -0.39 is 0 Å². The van der Waals surface area contributed by atoms with Crippen molar-refractivity contribution in [1.29, 1.82) is 0 Å². The molecule has 0 saturated carbocycles. The monoisotopic (exact) mass is 468 g/mol. The molecule has 0 N–H and O–H groups in total. The number of hydrogen-bond donors (Lipinski definition) is 0. The molecule has 180 valence electrons. The highest BCUT2D eigenvalue weighted by molar-refractivity contribution is 6.10. The first-order chi connectivity index (χ1) is 17.2. The van der Waals surface area contributed by atoms with E-state index in [0.717, 1.165) is 0 Å². The molecule has 0 radical (unpaired) electrons. The maximum atomic E-state index is 2.33. The van der Waals surface area contributed by atoms with Crippen LogP contribution in [-0.2, 0) is 0 Å². The largest absolute Gasteiger partial charge is 0.0616 e. The van der Waals surface area contributed by atoms with E-state index in [2.05, 4.69) is 128 Å². The zero-order valence-corrected chi connectivity index (χ0v) is 22.9. The third-order valence-electron chi connectivity index (χ3n) is 8.78. The lowest BCUT2D eigenvalue weighted by Gasteiger charge is -2.15. The second kappa shape index (κ2) is 9.10. The summed E-state index contributed by atoms with van der Waals surface area (Å²) in [7, 11) is 0. The first kappa shape index (κ1) is 24.1. The highest BCUT2D eigenvalue weighted by atomic mass is 14.2. The zero-order chi connectivity index (χ0) is 25.7. The summed E-state index contributed by atoms with van der Waals surface area (Å²) in [4.78, 5) is 0. The third kappa shape index (κ3) is 3.77. The average molecular weight is 469 g/mol. The molecule has 0 heteroatoms. The Morgan fingerprint density at radius 2 is 0.722 bits per heavy atom. The molecule has 0 aliphatic rings. The van der Waals surface area contributed by atoms with Crippen molar-refractivity contribution in [1.82, 2.24) is 0 Å². The summed E-state index contributed by atoms with van der Waals surface area (Å²) in [5.41, 5.74) is 11.4. The van der Waals surface area contributed by atoms with Crippen LogP contribution in [0.4, 0.5) is 0 Å². The molecule has 0 aliphatic heterocycles. The maximum Gasteiger partial charge on any atom is -0.00706 e. The summed E-state index contributed by atoms with van der Waals surface area (Å²) in [5.74, 6) is 0. The quantitative estimate of drug-likeness (QED) is 0.154. The third-order valence-corrected chi connectivity index (χ3v) is 8.78. The van der Waals surface area contributed by atoms with Crippen LogP contribution in [0.25, 0.3) is 43.1 Å². The molecule has 0 spiro atoms. The van der Waals surface area contributed by atoms with Gasteiger partial charge in [-0.25, -0.2) is 0 Å². The standard InChI is InChI=1S/2C18H18/c1-11-12(2)14(4)18-10-16-8-6-5-7-15(16)9-17(18)13(11)3;1-11-12(2)14(4)18-16(13(11)3)10-9-15-7-5-6-8-17(15)18/h2*5-10H,1-4H3. The molecule has 0 aromatic heterocycles. The minimum Gasteiger partial charge on any atom is -0.0616 e. The molecule has 0 atom stereocenters. The van der Waals surface area contributed by atoms with Gasteiger partial charge in [-0.05, 0) is 155 Å². The van der Waals surface area contributed by atoms with Crippen LogP contribution in [0, 0.1) is 55.4 Å². The van der Waals surface area contributed by atoms with Gasteiger partial charge in [0.2, 0.25) is 0 Å². The highest BCUT2D eigenvalue weighted by Crippen LogP contribution is 2.34. The van der Waals surface area contributed by atoms with Gasteiger partial charge in [0.1, 0.15) is 0 Å². The van der Waals surface area contributed by atoms with Crippen LogP contribution in [0.3, 0.4) is 0 Å². The van der Waals surface area contributed by atoms with Gasteiger partial charge >= 0.3 is 0 Å². The molecule has 0 aliphatic carbocycles. The first-order valence-corrected chi connectivity index (χ1v) is 13.0. The maximum absolute atomic E-state index is 2.33. The molecule has 0 amide bonds. The summed E-state index contributed by atoms with van der Waals surface area (Å²) >= 11 is 0. The van der Waals surface area contributed by atoms with Crippen molar-refractivity contribution >= 4 is 43.1 Å². The molecule has 0 bridgehead atoms. The van der Waals surface area contributed by atoms with E-state index >= 15 is 0 Å². The number of hydrogen-bond acceptors (Lipinski definition) is 0. The zero-order valence-electron chi connectivity index (χ0n) is 22.9. The molecule has 0 nitrogen and oxygen atoms in total. The van der Waals surface area contributed by atoms with E-state index in [4.69, 9.17) is 0 Å². The van der Waals surface area contributed by atoms with E-state index in [9.17, 15) is 0 Å².